The molecule has 1 atom stereocenters. The topological polar surface area (TPSA) is 20.2 Å². The SMILES string of the molecule is C/C(=C\[C@@H](O)c1ccccc1Br)CCc1ccccc1. The molecule has 1 nitrogen and oxygen atoms in total. The van der Waals surface area contributed by atoms with Crippen LogP contribution in [0.15, 0.2) is 70.7 Å². The van der Waals surface area contributed by atoms with E-state index in [-0.39, 0.29) is 0 Å². The minimum Gasteiger partial charge on any atom is -0.384 e. The largest absolute Gasteiger partial charge is 0.384 e. The van der Waals surface area contributed by atoms with Gasteiger partial charge in [0.1, 0.15) is 0 Å². The maximum absolute atomic E-state index is 10.3. The third-order valence-electron chi connectivity index (χ3n) is 3.32. The van der Waals surface area contributed by atoms with Gasteiger partial charge >= 0.3 is 0 Å². The molecule has 104 valence electrons. The number of benzene rings is 2. The van der Waals surface area contributed by atoms with Crippen LogP contribution in [-0.2, 0) is 6.42 Å². The first kappa shape index (κ1) is 15.0. The number of hydrogen-bond donors (Lipinski definition) is 1. The highest BCUT2D eigenvalue weighted by atomic mass is 79.9. The zero-order valence-electron chi connectivity index (χ0n) is 11.6. The fourth-order valence-corrected chi connectivity index (χ4v) is 2.66. The van der Waals surface area contributed by atoms with E-state index in [9.17, 15) is 5.11 Å². The quantitative estimate of drug-likeness (QED) is 0.759. The molecule has 20 heavy (non-hydrogen) atoms. The molecular weight excluding hydrogens is 312 g/mol. The average Bonchev–Trinajstić information content (AvgIpc) is 2.46. The van der Waals surface area contributed by atoms with Crippen molar-refractivity contribution in [3.05, 3.63) is 81.8 Å². The van der Waals surface area contributed by atoms with Gasteiger partial charge in [-0.15, -0.1) is 0 Å². The van der Waals surface area contributed by atoms with Crippen molar-refractivity contribution < 1.29 is 5.11 Å². The van der Waals surface area contributed by atoms with Crippen LogP contribution in [0.25, 0.3) is 0 Å². The third-order valence-corrected chi connectivity index (χ3v) is 4.04. The second kappa shape index (κ2) is 7.41. The Kier molecular flexibility index (Phi) is 5.57. The van der Waals surface area contributed by atoms with Crippen LogP contribution in [0.3, 0.4) is 0 Å². The van der Waals surface area contributed by atoms with Crippen molar-refractivity contribution >= 4 is 15.9 Å². The van der Waals surface area contributed by atoms with Crippen LogP contribution in [0.2, 0.25) is 0 Å². The molecule has 2 rings (SSSR count). The number of aliphatic hydroxyl groups excluding tert-OH is 1. The number of allylic oxidation sites excluding steroid dienone is 1. The van der Waals surface area contributed by atoms with Gasteiger partial charge in [-0.1, -0.05) is 76.1 Å². The molecule has 1 N–H and O–H groups in total. The van der Waals surface area contributed by atoms with Gasteiger partial charge in [-0.2, -0.15) is 0 Å². The number of aliphatic hydroxyl groups is 1. The van der Waals surface area contributed by atoms with Gasteiger partial charge < -0.3 is 5.11 Å². The van der Waals surface area contributed by atoms with Crippen molar-refractivity contribution in [1.29, 1.82) is 0 Å². The van der Waals surface area contributed by atoms with Crippen LogP contribution >= 0.6 is 15.9 Å². The van der Waals surface area contributed by atoms with Crippen LogP contribution in [0.1, 0.15) is 30.6 Å². The van der Waals surface area contributed by atoms with E-state index in [2.05, 4.69) is 47.1 Å². The minimum absolute atomic E-state index is 0.554. The summed E-state index contributed by atoms with van der Waals surface area (Å²) in [6.45, 7) is 2.07. The summed E-state index contributed by atoms with van der Waals surface area (Å²) in [6, 6.07) is 18.2. The first-order chi connectivity index (χ1) is 9.66. The molecule has 0 unspecified atom stereocenters. The fraction of sp³-hybridized carbons (Fsp3) is 0.222. The Balaban J connectivity index is 1.98. The summed E-state index contributed by atoms with van der Waals surface area (Å²) in [5.74, 6) is 0. The second-order valence-electron chi connectivity index (χ2n) is 4.96. The number of rotatable bonds is 5. The van der Waals surface area contributed by atoms with Crippen LogP contribution < -0.4 is 0 Å². The summed E-state index contributed by atoms with van der Waals surface area (Å²) in [4.78, 5) is 0. The van der Waals surface area contributed by atoms with Gasteiger partial charge in [-0.3, -0.25) is 0 Å². The molecule has 0 aliphatic heterocycles. The molecule has 0 bridgehead atoms. The summed E-state index contributed by atoms with van der Waals surface area (Å²) < 4.78 is 0.944. The van der Waals surface area contributed by atoms with E-state index in [1.807, 2.05) is 36.4 Å². The van der Waals surface area contributed by atoms with Crippen LogP contribution in [0.5, 0.6) is 0 Å². The number of aryl methyl sites for hydroxylation is 1. The van der Waals surface area contributed by atoms with E-state index in [1.165, 1.54) is 11.1 Å². The Labute approximate surface area is 129 Å². The van der Waals surface area contributed by atoms with Gasteiger partial charge in [0.2, 0.25) is 0 Å². The summed E-state index contributed by atoms with van der Waals surface area (Å²) in [7, 11) is 0. The molecule has 2 heteroatoms. The van der Waals surface area contributed by atoms with Crippen molar-refractivity contribution in [2.75, 3.05) is 0 Å². The van der Waals surface area contributed by atoms with E-state index in [1.54, 1.807) is 0 Å². The molecule has 0 aliphatic rings. The van der Waals surface area contributed by atoms with Gasteiger partial charge in [0.15, 0.2) is 0 Å². The third kappa shape index (κ3) is 4.32. The smallest absolute Gasteiger partial charge is 0.0985 e. The highest BCUT2D eigenvalue weighted by Crippen LogP contribution is 2.25. The maximum Gasteiger partial charge on any atom is 0.0985 e. The van der Waals surface area contributed by atoms with Crippen LogP contribution in [-0.4, -0.2) is 5.11 Å². The highest BCUT2D eigenvalue weighted by molar-refractivity contribution is 9.10. The molecule has 0 radical (unpaired) electrons. The summed E-state index contributed by atoms with van der Waals surface area (Å²) in [6.07, 6.45) is 3.35. The normalized spacial score (nSPS) is 13.2. The molecule has 2 aromatic carbocycles. The van der Waals surface area contributed by atoms with Crippen molar-refractivity contribution in [3.63, 3.8) is 0 Å². The molecule has 0 aliphatic carbocycles. The Hall–Kier alpha value is -1.38. The van der Waals surface area contributed by atoms with E-state index in [4.69, 9.17) is 0 Å². The Morgan fingerprint density at radius 2 is 1.75 bits per heavy atom. The predicted octanol–water partition coefficient (Wildman–Crippen LogP) is 5.06. The minimum atomic E-state index is -0.554. The Morgan fingerprint density at radius 3 is 2.45 bits per heavy atom. The zero-order chi connectivity index (χ0) is 14.4. The van der Waals surface area contributed by atoms with E-state index in [0.29, 0.717) is 0 Å². The lowest BCUT2D eigenvalue weighted by molar-refractivity contribution is 0.226. The molecule has 0 amide bonds. The summed E-state index contributed by atoms with van der Waals surface area (Å²) in [5.41, 5.74) is 3.44. The molecule has 2 aromatic rings. The van der Waals surface area contributed by atoms with Gasteiger partial charge in [-0.25, -0.2) is 0 Å². The first-order valence-electron chi connectivity index (χ1n) is 6.80. The van der Waals surface area contributed by atoms with Gasteiger partial charge in [0.25, 0.3) is 0 Å². The zero-order valence-corrected chi connectivity index (χ0v) is 13.2. The van der Waals surface area contributed by atoms with E-state index >= 15 is 0 Å². The summed E-state index contributed by atoms with van der Waals surface area (Å²) >= 11 is 3.47. The highest BCUT2D eigenvalue weighted by Gasteiger charge is 2.08. The molecule has 0 spiro atoms. The van der Waals surface area contributed by atoms with E-state index < -0.39 is 6.10 Å². The molecule has 0 heterocycles. The van der Waals surface area contributed by atoms with Crippen molar-refractivity contribution in [3.8, 4) is 0 Å². The van der Waals surface area contributed by atoms with Crippen molar-refractivity contribution in [2.24, 2.45) is 0 Å². The lowest BCUT2D eigenvalue weighted by atomic mass is 10.0. The van der Waals surface area contributed by atoms with Gasteiger partial charge in [-0.05, 0) is 37.0 Å². The molecule has 0 saturated heterocycles. The van der Waals surface area contributed by atoms with Crippen molar-refractivity contribution in [1.82, 2.24) is 0 Å². The van der Waals surface area contributed by atoms with Crippen molar-refractivity contribution in [2.45, 2.75) is 25.9 Å². The lowest BCUT2D eigenvalue weighted by Gasteiger charge is -2.10. The Bertz CT molecular complexity index is 575. The molecule has 0 saturated carbocycles. The predicted molar refractivity (Wildman–Crippen MR) is 87.6 cm³/mol. The van der Waals surface area contributed by atoms with E-state index in [0.717, 1.165) is 22.9 Å². The maximum atomic E-state index is 10.3. The summed E-state index contributed by atoms with van der Waals surface area (Å²) in [5, 5.41) is 10.3. The molecule has 0 fully saturated rings. The number of hydrogen-bond acceptors (Lipinski definition) is 1. The molecule has 0 aromatic heterocycles. The van der Waals surface area contributed by atoms with Gasteiger partial charge in [0, 0.05) is 4.47 Å². The fourth-order valence-electron chi connectivity index (χ4n) is 2.14. The monoisotopic (exact) mass is 330 g/mol. The van der Waals surface area contributed by atoms with Gasteiger partial charge in [0.05, 0.1) is 6.10 Å². The molecular formula is C18H19BrO. The Morgan fingerprint density at radius 1 is 1.10 bits per heavy atom. The second-order valence-corrected chi connectivity index (χ2v) is 5.82. The number of halogens is 1. The van der Waals surface area contributed by atoms with Crippen LogP contribution in [0.4, 0.5) is 0 Å². The van der Waals surface area contributed by atoms with Crippen LogP contribution in [0, 0.1) is 0 Å². The average molecular weight is 331 g/mol. The first-order valence-corrected chi connectivity index (χ1v) is 7.60. The lowest BCUT2D eigenvalue weighted by Crippen LogP contribution is -1.96. The standard InChI is InChI=1S/C18H19BrO/c1-14(11-12-15-7-3-2-4-8-15)13-18(20)16-9-5-6-10-17(16)19/h2-10,13,18,20H,11-12H2,1H3/b14-13+/t18-/m1/s1.